The van der Waals surface area contributed by atoms with E-state index >= 15 is 0 Å². The predicted octanol–water partition coefficient (Wildman–Crippen LogP) is 4.78. The molecule has 0 aromatic heterocycles. The van der Waals surface area contributed by atoms with Gasteiger partial charge in [0.15, 0.2) is 0 Å². The maximum absolute atomic E-state index is 3.83. The SMILES string of the molecule is CCCNC(c1cccc(C)c1C)C1CCCC1C. The van der Waals surface area contributed by atoms with Crippen LogP contribution in [0.2, 0.25) is 0 Å². The van der Waals surface area contributed by atoms with Crippen LogP contribution in [0.1, 0.15) is 62.3 Å². The minimum atomic E-state index is 0.553. The molecule has 0 bridgehead atoms. The first-order valence-electron chi connectivity index (χ1n) is 7.94. The van der Waals surface area contributed by atoms with E-state index in [1.54, 1.807) is 0 Å². The number of hydrogen-bond acceptors (Lipinski definition) is 1. The zero-order chi connectivity index (χ0) is 13.8. The highest BCUT2D eigenvalue weighted by Gasteiger charge is 2.32. The summed E-state index contributed by atoms with van der Waals surface area (Å²) in [5, 5.41) is 3.83. The fraction of sp³-hybridized carbons (Fsp3) is 0.667. The average Bonchev–Trinajstić information content (AvgIpc) is 2.81. The molecule has 0 radical (unpaired) electrons. The van der Waals surface area contributed by atoms with Crippen molar-refractivity contribution in [1.82, 2.24) is 5.32 Å². The van der Waals surface area contributed by atoms with E-state index in [0.29, 0.717) is 6.04 Å². The van der Waals surface area contributed by atoms with Crippen LogP contribution in [0.15, 0.2) is 18.2 Å². The molecule has 1 N–H and O–H groups in total. The average molecular weight is 259 g/mol. The van der Waals surface area contributed by atoms with Crippen LogP contribution < -0.4 is 5.32 Å². The highest BCUT2D eigenvalue weighted by Crippen LogP contribution is 2.41. The molecular formula is C18H29N. The minimum absolute atomic E-state index is 0.553. The summed E-state index contributed by atoms with van der Waals surface area (Å²) in [4.78, 5) is 0. The molecule has 1 heteroatoms. The van der Waals surface area contributed by atoms with E-state index in [2.05, 4.69) is 51.2 Å². The van der Waals surface area contributed by atoms with E-state index in [1.807, 2.05) is 0 Å². The van der Waals surface area contributed by atoms with Gasteiger partial charge in [-0.1, -0.05) is 44.9 Å². The lowest BCUT2D eigenvalue weighted by Crippen LogP contribution is -2.31. The van der Waals surface area contributed by atoms with Crippen molar-refractivity contribution in [2.75, 3.05) is 6.54 Å². The van der Waals surface area contributed by atoms with Gasteiger partial charge < -0.3 is 5.32 Å². The minimum Gasteiger partial charge on any atom is -0.310 e. The molecule has 3 unspecified atom stereocenters. The highest BCUT2D eigenvalue weighted by atomic mass is 14.9. The maximum atomic E-state index is 3.83. The lowest BCUT2D eigenvalue weighted by Gasteiger charge is -2.30. The van der Waals surface area contributed by atoms with Crippen molar-refractivity contribution >= 4 is 0 Å². The summed E-state index contributed by atoms with van der Waals surface area (Å²) in [5.74, 6) is 1.67. The lowest BCUT2D eigenvalue weighted by molar-refractivity contribution is 0.301. The molecule has 0 amide bonds. The van der Waals surface area contributed by atoms with E-state index in [4.69, 9.17) is 0 Å². The van der Waals surface area contributed by atoms with Crippen molar-refractivity contribution in [2.24, 2.45) is 11.8 Å². The fourth-order valence-electron chi connectivity index (χ4n) is 3.57. The summed E-state index contributed by atoms with van der Waals surface area (Å²) >= 11 is 0. The summed E-state index contributed by atoms with van der Waals surface area (Å²) in [6.45, 7) is 10.3. The Bertz CT molecular complexity index is 410. The first kappa shape index (κ1) is 14.6. The second-order valence-electron chi connectivity index (χ2n) is 6.29. The van der Waals surface area contributed by atoms with Crippen molar-refractivity contribution in [1.29, 1.82) is 0 Å². The molecule has 0 saturated heterocycles. The molecule has 1 aliphatic carbocycles. The molecule has 0 heterocycles. The summed E-state index contributed by atoms with van der Waals surface area (Å²) < 4.78 is 0. The molecular weight excluding hydrogens is 230 g/mol. The predicted molar refractivity (Wildman–Crippen MR) is 83.5 cm³/mol. The van der Waals surface area contributed by atoms with Crippen LogP contribution in [0.25, 0.3) is 0 Å². The van der Waals surface area contributed by atoms with Gasteiger partial charge in [0.25, 0.3) is 0 Å². The standard InChI is InChI=1S/C18H29N/c1-5-12-19-18(16-10-7-9-14(16)3)17-11-6-8-13(2)15(17)4/h6,8,11,14,16,18-19H,5,7,9-10,12H2,1-4H3. The second-order valence-corrected chi connectivity index (χ2v) is 6.29. The van der Waals surface area contributed by atoms with Crippen LogP contribution in [0.3, 0.4) is 0 Å². The van der Waals surface area contributed by atoms with Crippen LogP contribution in [0, 0.1) is 25.7 Å². The lowest BCUT2D eigenvalue weighted by atomic mass is 9.83. The molecule has 2 rings (SSSR count). The van der Waals surface area contributed by atoms with Crippen molar-refractivity contribution in [3.05, 3.63) is 34.9 Å². The Morgan fingerprint density at radius 1 is 1.26 bits per heavy atom. The Balaban J connectivity index is 2.28. The van der Waals surface area contributed by atoms with Crippen molar-refractivity contribution in [3.63, 3.8) is 0 Å². The number of rotatable bonds is 5. The molecule has 1 fully saturated rings. The van der Waals surface area contributed by atoms with Crippen molar-refractivity contribution in [3.8, 4) is 0 Å². The van der Waals surface area contributed by atoms with Gasteiger partial charge in [-0.3, -0.25) is 0 Å². The number of hydrogen-bond donors (Lipinski definition) is 1. The van der Waals surface area contributed by atoms with Gasteiger partial charge in [0.05, 0.1) is 0 Å². The maximum Gasteiger partial charge on any atom is 0.0353 e. The van der Waals surface area contributed by atoms with E-state index in [0.717, 1.165) is 18.4 Å². The van der Waals surface area contributed by atoms with Gasteiger partial charge in [-0.05, 0) is 61.8 Å². The Kier molecular flexibility index (Phi) is 5.04. The van der Waals surface area contributed by atoms with Crippen LogP contribution >= 0.6 is 0 Å². The molecule has 1 aliphatic rings. The fourth-order valence-corrected chi connectivity index (χ4v) is 3.57. The first-order chi connectivity index (χ1) is 9.15. The molecule has 1 saturated carbocycles. The molecule has 3 atom stereocenters. The molecule has 1 aromatic carbocycles. The van der Waals surface area contributed by atoms with Gasteiger partial charge in [-0.2, -0.15) is 0 Å². The van der Waals surface area contributed by atoms with Gasteiger partial charge in [0.2, 0.25) is 0 Å². The number of aryl methyl sites for hydroxylation is 1. The van der Waals surface area contributed by atoms with Crippen LogP contribution in [-0.4, -0.2) is 6.54 Å². The molecule has 19 heavy (non-hydrogen) atoms. The first-order valence-corrected chi connectivity index (χ1v) is 7.94. The number of benzene rings is 1. The van der Waals surface area contributed by atoms with Gasteiger partial charge in [-0.15, -0.1) is 0 Å². The van der Waals surface area contributed by atoms with Crippen molar-refractivity contribution in [2.45, 2.75) is 59.4 Å². The molecule has 0 spiro atoms. The summed E-state index contributed by atoms with van der Waals surface area (Å²) in [5.41, 5.74) is 4.44. The van der Waals surface area contributed by atoms with Crippen molar-refractivity contribution < 1.29 is 0 Å². The largest absolute Gasteiger partial charge is 0.310 e. The molecule has 1 nitrogen and oxygen atoms in total. The Morgan fingerprint density at radius 2 is 2.05 bits per heavy atom. The zero-order valence-corrected chi connectivity index (χ0v) is 13.0. The Hall–Kier alpha value is -0.820. The third-order valence-corrected chi connectivity index (χ3v) is 4.95. The summed E-state index contributed by atoms with van der Waals surface area (Å²) in [6.07, 6.45) is 5.40. The Morgan fingerprint density at radius 3 is 2.68 bits per heavy atom. The topological polar surface area (TPSA) is 12.0 Å². The van der Waals surface area contributed by atoms with E-state index in [9.17, 15) is 0 Å². The molecule has 1 aromatic rings. The van der Waals surface area contributed by atoms with E-state index in [1.165, 1.54) is 42.4 Å². The molecule has 0 aliphatic heterocycles. The highest BCUT2D eigenvalue weighted by molar-refractivity contribution is 5.36. The van der Waals surface area contributed by atoms with E-state index in [-0.39, 0.29) is 0 Å². The van der Waals surface area contributed by atoms with Crippen LogP contribution in [0.4, 0.5) is 0 Å². The van der Waals surface area contributed by atoms with Gasteiger partial charge in [-0.25, -0.2) is 0 Å². The Labute approximate surface area is 118 Å². The third kappa shape index (κ3) is 3.20. The van der Waals surface area contributed by atoms with Gasteiger partial charge in [0.1, 0.15) is 0 Å². The third-order valence-electron chi connectivity index (χ3n) is 4.95. The monoisotopic (exact) mass is 259 g/mol. The van der Waals surface area contributed by atoms with Crippen LogP contribution in [-0.2, 0) is 0 Å². The second kappa shape index (κ2) is 6.56. The van der Waals surface area contributed by atoms with Gasteiger partial charge >= 0.3 is 0 Å². The zero-order valence-electron chi connectivity index (χ0n) is 13.0. The normalized spacial score (nSPS) is 24.6. The van der Waals surface area contributed by atoms with E-state index < -0.39 is 0 Å². The summed E-state index contributed by atoms with van der Waals surface area (Å²) in [7, 11) is 0. The number of nitrogens with one attached hydrogen (secondary N) is 1. The van der Waals surface area contributed by atoms with Crippen LogP contribution in [0.5, 0.6) is 0 Å². The summed E-state index contributed by atoms with van der Waals surface area (Å²) in [6, 6.07) is 7.34. The van der Waals surface area contributed by atoms with Gasteiger partial charge in [0, 0.05) is 6.04 Å². The smallest absolute Gasteiger partial charge is 0.0353 e. The molecule has 106 valence electrons. The quantitative estimate of drug-likeness (QED) is 0.802.